The topological polar surface area (TPSA) is 82.3 Å². The number of hydrogen-bond donors (Lipinski definition) is 1. The first-order valence-electron chi connectivity index (χ1n) is 9.24. The zero-order chi connectivity index (χ0) is 21.1. The van der Waals surface area contributed by atoms with Gasteiger partial charge in [-0.2, -0.15) is 0 Å². The van der Waals surface area contributed by atoms with Gasteiger partial charge in [-0.3, -0.25) is 18.7 Å². The highest BCUT2D eigenvalue weighted by molar-refractivity contribution is 6.32. The maximum absolute atomic E-state index is 13.0. The van der Waals surface area contributed by atoms with E-state index in [2.05, 4.69) is 5.32 Å². The lowest BCUT2D eigenvalue weighted by Gasteiger charge is -2.17. The number of anilines is 1. The molecule has 1 atom stereocenters. The molecule has 2 aromatic carbocycles. The minimum atomic E-state index is -0.508. The van der Waals surface area contributed by atoms with Crippen molar-refractivity contribution in [1.82, 2.24) is 9.13 Å². The second kappa shape index (κ2) is 8.53. The van der Waals surface area contributed by atoms with Crippen LogP contribution in [0.5, 0.6) is 5.75 Å². The predicted molar refractivity (Wildman–Crippen MR) is 114 cm³/mol. The molecule has 3 aromatic rings. The normalized spacial score (nSPS) is 12.0. The van der Waals surface area contributed by atoms with Gasteiger partial charge < -0.3 is 10.1 Å². The molecule has 0 saturated carbocycles. The summed E-state index contributed by atoms with van der Waals surface area (Å²) in [5.41, 5.74) is 0.0443. The number of benzene rings is 2. The number of aromatic nitrogens is 2. The number of halogens is 1. The average Bonchev–Trinajstić information content (AvgIpc) is 2.71. The number of carbonyl (C=O) groups is 1. The van der Waals surface area contributed by atoms with Gasteiger partial charge in [0.05, 0.1) is 23.0 Å². The maximum Gasteiger partial charge on any atom is 0.332 e. The molecular weight excluding hydrogens is 394 g/mol. The third-order valence-electron chi connectivity index (χ3n) is 4.85. The minimum Gasteiger partial charge on any atom is -0.495 e. The van der Waals surface area contributed by atoms with E-state index >= 15 is 0 Å². The van der Waals surface area contributed by atoms with Crippen LogP contribution in [0.15, 0.2) is 52.1 Å². The molecule has 0 aliphatic heterocycles. The van der Waals surface area contributed by atoms with Crippen molar-refractivity contribution in [2.45, 2.75) is 32.9 Å². The molecule has 1 amide bonds. The van der Waals surface area contributed by atoms with Gasteiger partial charge in [-0.05, 0) is 43.7 Å². The molecule has 0 saturated heterocycles. The van der Waals surface area contributed by atoms with Crippen LogP contribution in [0.2, 0.25) is 5.02 Å². The highest BCUT2D eigenvalue weighted by Gasteiger charge is 2.18. The first-order valence-corrected chi connectivity index (χ1v) is 9.62. The Labute approximate surface area is 172 Å². The van der Waals surface area contributed by atoms with Gasteiger partial charge in [-0.25, -0.2) is 4.79 Å². The fraction of sp³-hybridized carbons (Fsp3) is 0.286. The second-order valence-electron chi connectivity index (χ2n) is 6.72. The number of fused-ring (bicyclic) bond motifs is 1. The summed E-state index contributed by atoms with van der Waals surface area (Å²) in [4.78, 5) is 38.5. The number of rotatable bonds is 6. The lowest BCUT2D eigenvalue weighted by molar-refractivity contribution is -0.116. The third kappa shape index (κ3) is 4.05. The van der Waals surface area contributed by atoms with E-state index in [9.17, 15) is 14.4 Å². The molecule has 152 valence electrons. The van der Waals surface area contributed by atoms with Crippen molar-refractivity contribution in [3.8, 4) is 5.75 Å². The minimum absolute atomic E-state index is 0.236. The van der Waals surface area contributed by atoms with Gasteiger partial charge in [-0.1, -0.05) is 30.7 Å². The number of methoxy groups -OCH3 is 1. The van der Waals surface area contributed by atoms with Gasteiger partial charge in [0.15, 0.2) is 0 Å². The Kier molecular flexibility index (Phi) is 6.08. The maximum atomic E-state index is 13.0. The van der Waals surface area contributed by atoms with E-state index in [-0.39, 0.29) is 18.1 Å². The Bertz CT molecular complexity index is 1180. The highest BCUT2D eigenvalue weighted by atomic mass is 35.5. The van der Waals surface area contributed by atoms with Gasteiger partial charge in [0.2, 0.25) is 5.91 Å². The monoisotopic (exact) mass is 415 g/mol. The number of hydrogen-bond acceptors (Lipinski definition) is 4. The van der Waals surface area contributed by atoms with Crippen LogP contribution in [-0.4, -0.2) is 22.2 Å². The summed E-state index contributed by atoms with van der Waals surface area (Å²) in [6.45, 7) is 3.47. The van der Waals surface area contributed by atoms with Gasteiger partial charge in [0, 0.05) is 11.7 Å². The standard InChI is InChI=1S/C21H22ClN3O4/c1-4-13(2)25-20(27)15-7-5-6-8-17(15)24(21(25)28)12-19(26)23-14-9-10-18(29-3)16(22)11-14/h5-11,13H,4,12H2,1-3H3,(H,23,26)/t13-/m1/s1. The molecule has 3 rings (SSSR count). The van der Waals surface area contributed by atoms with Crippen LogP contribution >= 0.6 is 11.6 Å². The predicted octanol–water partition coefficient (Wildman–Crippen LogP) is 3.43. The van der Waals surface area contributed by atoms with Gasteiger partial charge in [-0.15, -0.1) is 0 Å². The van der Waals surface area contributed by atoms with Crippen LogP contribution in [0.3, 0.4) is 0 Å². The largest absolute Gasteiger partial charge is 0.495 e. The SMILES string of the molecule is CC[C@@H](C)n1c(=O)c2ccccc2n(CC(=O)Nc2ccc(OC)c(Cl)c2)c1=O. The van der Waals surface area contributed by atoms with Crippen LogP contribution < -0.4 is 21.3 Å². The summed E-state index contributed by atoms with van der Waals surface area (Å²) in [5.74, 6) is 0.0837. The van der Waals surface area contributed by atoms with Crippen LogP contribution in [-0.2, 0) is 11.3 Å². The van der Waals surface area contributed by atoms with Gasteiger partial charge in [0.1, 0.15) is 12.3 Å². The molecule has 0 aliphatic carbocycles. The summed E-state index contributed by atoms with van der Waals surface area (Å²) < 4.78 is 7.63. The molecule has 1 heterocycles. The number of carbonyl (C=O) groups excluding carboxylic acids is 1. The first kappa shape index (κ1) is 20.7. The van der Waals surface area contributed by atoms with E-state index < -0.39 is 11.6 Å². The third-order valence-corrected chi connectivity index (χ3v) is 5.15. The molecule has 0 radical (unpaired) electrons. The molecule has 0 bridgehead atoms. The highest BCUT2D eigenvalue weighted by Crippen LogP contribution is 2.27. The quantitative estimate of drug-likeness (QED) is 0.668. The van der Waals surface area contributed by atoms with Gasteiger partial charge >= 0.3 is 5.69 Å². The second-order valence-corrected chi connectivity index (χ2v) is 7.12. The van der Waals surface area contributed by atoms with Crippen molar-refractivity contribution >= 4 is 34.1 Å². The fourth-order valence-corrected chi connectivity index (χ4v) is 3.41. The van der Waals surface area contributed by atoms with E-state index in [0.29, 0.717) is 33.8 Å². The van der Waals surface area contributed by atoms with Crippen LogP contribution in [0, 0.1) is 0 Å². The Balaban J connectivity index is 2.01. The molecular formula is C21H22ClN3O4. The smallest absolute Gasteiger partial charge is 0.332 e. The zero-order valence-corrected chi connectivity index (χ0v) is 17.2. The van der Waals surface area contributed by atoms with E-state index in [1.807, 2.05) is 6.92 Å². The van der Waals surface area contributed by atoms with E-state index in [4.69, 9.17) is 16.3 Å². The Morgan fingerprint density at radius 3 is 2.59 bits per heavy atom. The fourth-order valence-electron chi connectivity index (χ4n) is 3.15. The number of nitrogens with one attached hydrogen (secondary N) is 1. The average molecular weight is 416 g/mol. The van der Waals surface area contributed by atoms with Crippen molar-refractivity contribution in [2.24, 2.45) is 0 Å². The van der Waals surface area contributed by atoms with Crippen molar-refractivity contribution < 1.29 is 9.53 Å². The first-order chi connectivity index (χ1) is 13.9. The molecule has 0 fully saturated rings. The summed E-state index contributed by atoms with van der Waals surface area (Å²) in [6.07, 6.45) is 0.615. The van der Waals surface area contributed by atoms with Crippen molar-refractivity contribution in [1.29, 1.82) is 0 Å². The molecule has 0 spiro atoms. The number of ether oxygens (including phenoxy) is 1. The zero-order valence-electron chi connectivity index (χ0n) is 16.4. The number of para-hydroxylation sites is 1. The summed E-state index contributed by atoms with van der Waals surface area (Å²) in [7, 11) is 1.50. The van der Waals surface area contributed by atoms with E-state index in [0.717, 1.165) is 0 Å². The summed E-state index contributed by atoms with van der Waals surface area (Å²) >= 11 is 6.10. The molecule has 7 nitrogen and oxygen atoms in total. The molecule has 0 aliphatic rings. The van der Waals surface area contributed by atoms with Crippen molar-refractivity contribution in [3.05, 3.63) is 68.3 Å². The molecule has 1 N–H and O–H groups in total. The van der Waals surface area contributed by atoms with Crippen molar-refractivity contribution in [3.63, 3.8) is 0 Å². The Hall–Kier alpha value is -3.06. The number of amides is 1. The van der Waals surface area contributed by atoms with E-state index in [1.165, 1.54) is 16.2 Å². The molecule has 0 unspecified atom stereocenters. The van der Waals surface area contributed by atoms with Gasteiger partial charge in [0.25, 0.3) is 5.56 Å². The summed E-state index contributed by atoms with van der Waals surface area (Å²) in [5, 5.41) is 3.48. The van der Waals surface area contributed by atoms with Crippen LogP contribution in [0.25, 0.3) is 10.9 Å². The molecule has 1 aromatic heterocycles. The Morgan fingerprint density at radius 1 is 1.21 bits per heavy atom. The lowest BCUT2D eigenvalue weighted by atomic mass is 10.2. The van der Waals surface area contributed by atoms with Crippen LogP contribution in [0.1, 0.15) is 26.3 Å². The van der Waals surface area contributed by atoms with Crippen LogP contribution in [0.4, 0.5) is 5.69 Å². The number of nitrogens with zero attached hydrogens (tertiary/aromatic N) is 2. The molecule has 8 heteroatoms. The molecule has 29 heavy (non-hydrogen) atoms. The Morgan fingerprint density at radius 2 is 1.93 bits per heavy atom. The summed E-state index contributed by atoms with van der Waals surface area (Å²) in [6, 6.07) is 11.4. The van der Waals surface area contributed by atoms with Crippen molar-refractivity contribution in [2.75, 3.05) is 12.4 Å². The lowest BCUT2D eigenvalue weighted by Crippen LogP contribution is -2.43. The van der Waals surface area contributed by atoms with E-state index in [1.54, 1.807) is 49.4 Å².